The molecule has 0 amide bonds. The summed E-state index contributed by atoms with van der Waals surface area (Å²) in [4.78, 5) is 4.58. The molecule has 4 nitrogen and oxygen atoms in total. The molecule has 1 heterocycles. The molecule has 6 heteroatoms. The second-order valence-corrected chi connectivity index (χ2v) is 7.73. The van der Waals surface area contributed by atoms with Crippen LogP contribution in [-0.2, 0) is 0 Å². The summed E-state index contributed by atoms with van der Waals surface area (Å²) in [7, 11) is 0. The fourth-order valence-electron chi connectivity index (χ4n) is 2.61. The molecule has 3 rings (SSSR count). The van der Waals surface area contributed by atoms with E-state index in [1.165, 1.54) is 24.2 Å². The van der Waals surface area contributed by atoms with E-state index in [0.717, 1.165) is 51.5 Å². The minimum absolute atomic E-state index is 0.718. The van der Waals surface area contributed by atoms with E-state index in [0.29, 0.717) is 0 Å². The summed E-state index contributed by atoms with van der Waals surface area (Å²) in [6.07, 6.45) is 3.49. The number of hydrogen-bond donors (Lipinski definition) is 1. The summed E-state index contributed by atoms with van der Waals surface area (Å²) in [6, 6.07) is 15.7. The minimum atomic E-state index is 0.718. The van der Waals surface area contributed by atoms with Crippen LogP contribution >= 0.6 is 22.9 Å². The molecule has 3 aromatic rings. The summed E-state index contributed by atoms with van der Waals surface area (Å²) in [5.41, 5.74) is 6.92. The monoisotopic (exact) mass is 413 g/mol. The van der Waals surface area contributed by atoms with Crippen LogP contribution < -0.4 is 10.2 Å². The third-order valence-electron chi connectivity index (χ3n) is 4.25. The third-order valence-corrected chi connectivity index (χ3v) is 5.25. The Morgan fingerprint density at radius 2 is 1.86 bits per heavy atom. The van der Waals surface area contributed by atoms with Crippen LogP contribution in [0.1, 0.15) is 38.7 Å². The lowest BCUT2D eigenvalue weighted by Crippen LogP contribution is -2.01. The molecule has 0 spiro atoms. The van der Waals surface area contributed by atoms with Crippen LogP contribution in [-0.4, -0.2) is 17.3 Å². The van der Waals surface area contributed by atoms with Crippen LogP contribution in [0.15, 0.2) is 59.0 Å². The molecule has 1 aromatic heterocycles. The van der Waals surface area contributed by atoms with Crippen LogP contribution in [0.2, 0.25) is 5.02 Å². The topological polar surface area (TPSA) is 46.5 Å². The molecule has 0 aliphatic heterocycles. The Balaban J connectivity index is 1.57. The highest BCUT2D eigenvalue weighted by molar-refractivity contribution is 7.14. The summed E-state index contributed by atoms with van der Waals surface area (Å²) < 4.78 is 5.75. The molecule has 0 bridgehead atoms. The number of ether oxygens (including phenoxy) is 1. The molecule has 0 atom stereocenters. The zero-order valence-electron chi connectivity index (χ0n) is 16.1. The number of unbranched alkanes of at least 4 members (excludes halogenated alkanes) is 2. The van der Waals surface area contributed by atoms with Crippen molar-refractivity contribution in [2.45, 2.75) is 33.1 Å². The first-order chi connectivity index (χ1) is 13.7. The molecule has 0 unspecified atom stereocenters. The van der Waals surface area contributed by atoms with Gasteiger partial charge in [-0.2, -0.15) is 5.10 Å². The van der Waals surface area contributed by atoms with E-state index in [-0.39, 0.29) is 0 Å². The van der Waals surface area contributed by atoms with E-state index in [4.69, 9.17) is 16.3 Å². The van der Waals surface area contributed by atoms with Gasteiger partial charge < -0.3 is 4.74 Å². The first-order valence-electron chi connectivity index (χ1n) is 9.40. The van der Waals surface area contributed by atoms with Crippen LogP contribution in [0.5, 0.6) is 5.75 Å². The molecule has 146 valence electrons. The van der Waals surface area contributed by atoms with Crippen molar-refractivity contribution in [3.05, 3.63) is 64.5 Å². The average molecular weight is 414 g/mol. The third kappa shape index (κ3) is 5.81. The van der Waals surface area contributed by atoms with Gasteiger partial charge in [-0.3, -0.25) is 5.43 Å². The van der Waals surface area contributed by atoms with Gasteiger partial charge in [0.2, 0.25) is 5.13 Å². The zero-order valence-corrected chi connectivity index (χ0v) is 17.7. The highest BCUT2D eigenvalue weighted by Crippen LogP contribution is 2.26. The number of thiazole rings is 1. The first kappa shape index (κ1) is 20.4. The maximum absolute atomic E-state index is 5.94. The lowest BCUT2D eigenvalue weighted by molar-refractivity contribution is 0.306. The van der Waals surface area contributed by atoms with Crippen molar-refractivity contribution >= 4 is 33.8 Å². The standard InChI is InChI=1S/C22H24ClN3OS/c1-3-4-5-14-27-20-12-8-17(9-13-20)16(2)25-26-22-24-21(15-28-22)18-6-10-19(23)11-7-18/h6-13,15H,3-5,14H2,1-2H3,(H,24,26)/b25-16+. The number of nitrogens with zero attached hydrogens (tertiary/aromatic N) is 2. The Kier molecular flexibility index (Phi) is 7.46. The summed E-state index contributed by atoms with van der Waals surface area (Å²) >= 11 is 7.46. The Hall–Kier alpha value is -2.37. The highest BCUT2D eigenvalue weighted by Gasteiger charge is 2.05. The molecule has 0 saturated carbocycles. The maximum Gasteiger partial charge on any atom is 0.203 e. The van der Waals surface area contributed by atoms with Crippen LogP contribution in [0.3, 0.4) is 0 Å². The number of nitrogens with one attached hydrogen (secondary N) is 1. The summed E-state index contributed by atoms with van der Waals surface area (Å²) in [6.45, 7) is 4.93. The number of halogens is 1. The van der Waals surface area contributed by atoms with Gasteiger partial charge in [0.05, 0.1) is 18.0 Å². The van der Waals surface area contributed by atoms with E-state index in [1.807, 2.05) is 60.8 Å². The van der Waals surface area contributed by atoms with Gasteiger partial charge in [-0.15, -0.1) is 11.3 Å². The quantitative estimate of drug-likeness (QED) is 0.236. The van der Waals surface area contributed by atoms with E-state index < -0.39 is 0 Å². The van der Waals surface area contributed by atoms with E-state index in [2.05, 4.69) is 22.4 Å². The molecule has 0 fully saturated rings. The van der Waals surface area contributed by atoms with Crippen molar-refractivity contribution in [1.82, 2.24) is 4.98 Å². The van der Waals surface area contributed by atoms with Gasteiger partial charge >= 0.3 is 0 Å². The van der Waals surface area contributed by atoms with Gasteiger partial charge in [-0.05, 0) is 55.3 Å². The molecule has 0 saturated heterocycles. The summed E-state index contributed by atoms with van der Waals surface area (Å²) in [5, 5.41) is 7.92. The molecule has 28 heavy (non-hydrogen) atoms. The fraction of sp³-hybridized carbons (Fsp3) is 0.273. The predicted octanol–water partition coefficient (Wildman–Crippen LogP) is 6.87. The Labute approximate surface area is 175 Å². The lowest BCUT2D eigenvalue weighted by Gasteiger charge is -2.07. The van der Waals surface area contributed by atoms with Gasteiger partial charge in [0.25, 0.3) is 0 Å². The van der Waals surface area contributed by atoms with Gasteiger partial charge in [-0.25, -0.2) is 4.98 Å². The number of hydrogen-bond acceptors (Lipinski definition) is 5. The lowest BCUT2D eigenvalue weighted by atomic mass is 10.1. The van der Waals surface area contributed by atoms with Crippen molar-refractivity contribution in [1.29, 1.82) is 0 Å². The predicted molar refractivity (Wildman–Crippen MR) is 120 cm³/mol. The van der Waals surface area contributed by atoms with Gasteiger partial charge in [0.15, 0.2) is 0 Å². The number of anilines is 1. The molecule has 0 radical (unpaired) electrons. The Bertz CT molecular complexity index is 904. The Morgan fingerprint density at radius 1 is 1.11 bits per heavy atom. The van der Waals surface area contributed by atoms with E-state index >= 15 is 0 Å². The maximum atomic E-state index is 5.94. The van der Waals surface area contributed by atoms with Gasteiger partial charge in [0, 0.05) is 16.0 Å². The number of rotatable bonds is 9. The van der Waals surface area contributed by atoms with Crippen LogP contribution in [0.25, 0.3) is 11.3 Å². The molecule has 0 aliphatic carbocycles. The van der Waals surface area contributed by atoms with E-state index in [9.17, 15) is 0 Å². The van der Waals surface area contributed by atoms with Crippen molar-refractivity contribution in [2.24, 2.45) is 5.10 Å². The largest absolute Gasteiger partial charge is 0.494 e. The average Bonchev–Trinajstić information content (AvgIpc) is 3.19. The van der Waals surface area contributed by atoms with Crippen molar-refractivity contribution in [3.8, 4) is 17.0 Å². The molecular weight excluding hydrogens is 390 g/mol. The fourth-order valence-corrected chi connectivity index (χ4v) is 3.40. The van der Waals surface area contributed by atoms with Crippen LogP contribution in [0.4, 0.5) is 5.13 Å². The van der Waals surface area contributed by atoms with Crippen LogP contribution in [0, 0.1) is 0 Å². The molecule has 2 aromatic carbocycles. The van der Waals surface area contributed by atoms with E-state index in [1.54, 1.807) is 0 Å². The first-order valence-corrected chi connectivity index (χ1v) is 10.7. The second-order valence-electron chi connectivity index (χ2n) is 6.43. The smallest absolute Gasteiger partial charge is 0.203 e. The van der Waals surface area contributed by atoms with Crippen molar-refractivity contribution in [2.75, 3.05) is 12.0 Å². The second kappa shape index (κ2) is 10.2. The van der Waals surface area contributed by atoms with Crippen molar-refractivity contribution < 1.29 is 4.74 Å². The number of benzene rings is 2. The highest BCUT2D eigenvalue weighted by atomic mass is 35.5. The zero-order chi connectivity index (χ0) is 19.8. The minimum Gasteiger partial charge on any atom is -0.494 e. The summed E-state index contributed by atoms with van der Waals surface area (Å²) in [5.74, 6) is 0.896. The number of hydrazone groups is 1. The molecule has 0 aliphatic rings. The SMILES string of the molecule is CCCCCOc1ccc(/C(C)=N/Nc2nc(-c3ccc(Cl)cc3)cs2)cc1. The molecular formula is C22H24ClN3OS. The molecule has 1 N–H and O–H groups in total. The number of aromatic nitrogens is 1. The Morgan fingerprint density at radius 3 is 2.57 bits per heavy atom. The van der Waals surface area contributed by atoms with Crippen molar-refractivity contribution in [3.63, 3.8) is 0 Å². The van der Waals surface area contributed by atoms with Gasteiger partial charge in [-0.1, -0.05) is 43.5 Å². The normalized spacial score (nSPS) is 11.5. The van der Waals surface area contributed by atoms with Gasteiger partial charge in [0.1, 0.15) is 5.75 Å².